The first kappa shape index (κ1) is 17.2. The van der Waals surface area contributed by atoms with Crippen LogP contribution in [0, 0.1) is 6.92 Å². The first-order chi connectivity index (χ1) is 13.0. The third kappa shape index (κ3) is 3.29. The van der Waals surface area contributed by atoms with Crippen LogP contribution < -0.4 is 10.1 Å². The van der Waals surface area contributed by atoms with Gasteiger partial charge in [0.15, 0.2) is 16.6 Å². The Morgan fingerprint density at radius 2 is 2.00 bits per heavy atom. The normalized spacial score (nSPS) is 12.2. The predicted octanol–water partition coefficient (Wildman–Crippen LogP) is 4.55. The Bertz CT molecular complexity index is 1100. The molecule has 2 aromatic heterocycles. The highest BCUT2D eigenvalue weighted by atomic mass is 32.1. The van der Waals surface area contributed by atoms with Crippen LogP contribution in [0.4, 0.5) is 5.13 Å². The molecule has 1 unspecified atom stereocenters. The quantitative estimate of drug-likeness (QED) is 0.381. The third-order valence-corrected chi connectivity index (χ3v) is 5.34. The maximum atomic E-state index is 9.99. The molecule has 2 heterocycles. The average Bonchev–Trinajstić information content (AvgIpc) is 3.27. The van der Waals surface area contributed by atoms with Crippen molar-refractivity contribution in [3.05, 3.63) is 64.8 Å². The number of aromatic nitrogens is 2. The zero-order chi connectivity index (χ0) is 19.0. The van der Waals surface area contributed by atoms with E-state index in [4.69, 9.17) is 4.74 Å². The van der Waals surface area contributed by atoms with Gasteiger partial charge in [-0.05, 0) is 42.8 Å². The fraction of sp³-hybridized carbons (Fsp3) is 0.150. The van der Waals surface area contributed by atoms with Crippen molar-refractivity contribution in [2.45, 2.75) is 13.0 Å². The Hall–Kier alpha value is -3.19. The Balaban J connectivity index is 1.85. The number of rotatable bonds is 5. The number of aromatic amines is 1. The SMILES string of the molecule is COc1ccc2[nH]cc(C(Nc3nc(C)cs3)c3ccc(O)c(O)c3)c2c1. The van der Waals surface area contributed by atoms with Gasteiger partial charge in [-0.25, -0.2) is 4.98 Å². The van der Waals surface area contributed by atoms with E-state index in [2.05, 4.69) is 15.3 Å². The Morgan fingerprint density at radius 3 is 2.70 bits per heavy atom. The largest absolute Gasteiger partial charge is 0.504 e. The van der Waals surface area contributed by atoms with Crippen molar-refractivity contribution in [3.63, 3.8) is 0 Å². The van der Waals surface area contributed by atoms with Crippen LogP contribution in [0.15, 0.2) is 48.0 Å². The molecule has 1 atom stereocenters. The lowest BCUT2D eigenvalue weighted by Crippen LogP contribution is -2.12. The Morgan fingerprint density at radius 1 is 1.15 bits per heavy atom. The minimum absolute atomic E-state index is 0.150. The number of benzene rings is 2. The number of thiazole rings is 1. The van der Waals surface area contributed by atoms with Crippen LogP contribution in [0.3, 0.4) is 0 Å². The zero-order valence-corrected chi connectivity index (χ0v) is 15.7. The number of hydrogen-bond donors (Lipinski definition) is 4. The van der Waals surface area contributed by atoms with Crippen molar-refractivity contribution in [1.82, 2.24) is 9.97 Å². The molecule has 2 aromatic carbocycles. The Labute approximate surface area is 160 Å². The van der Waals surface area contributed by atoms with Gasteiger partial charge in [-0.15, -0.1) is 11.3 Å². The summed E-state index contributed by atoms with van der Waals surface area (Å²) in [5.74, 6) is 0.455. The van der Waals surface area contributed by atoms with Gasteiger partial charge in [0, 0.05) is 28.0 Å². The number of phenolic OH excluding ortho intramolecular Hbond substituents is 2. The smallest absolute Gasteiger partial charge is 0.183 e. The van der Waals surface area contributed by atoms with E-state index in [0.717, 1.165) is 38.6 Å². The summed E-state index contributed by atoms with van der Waals surface area (Å²) in [5, 5.41) is 26.9. The molecule has 0 saturated carbocycles. The molecule has 6 nitrogen and oxygen atoms in total. The monoisotopic (exact) mass is 381 g/mol. The standard InChI is InChI=1S/C20H19N3O3S/c1-11-10-27-20(22-11)23-19(12-3-6-17(24)18(25)7-12)15-9-21-16-5-4-13(26-2)8-14(15)16/h3-10,19,21,24-25H,1-2H3,(H,22,23). The van der Waals surface area contributed by atoms with E-state index < -0.39 is 0 Å². The second kappa shape index (κ2) is 6.85. The van der Waals surface area contributed by atoms with Gasteiger partial charge in [0.05, 0.1) is 18.8 Å². The molecule has 138 valence electrons. The summed E-state index contributed by atoms with van der Waals surface area (Å²) < 4.78 is 5.37. The number of hydrogen-bond acceptors (Lipinski definition) is 6. The third-order valence-electron chi connectivity index (χ3n) is 4.45. The molecule has 4 aromatic rings. The summed E-state index contributed by atoms with van der Waals surface area (Å²) in [7, 11) is 1.64. The number of aromatic hydroxyl groups is 2. The zero-order valence-electron chi connectivity index (χ0n) is 14.9. The summed E-state index contributed by atoms with van der Waals surface area (Å²) in [6.45, 7) is 1.94. The molecule has 7 heteroatoms. The second-order valence-electron chi connectivity index (χ2n) is 6.28. The van der Waals surface area contributed by atoms with Gasteiger partial charge in [0.1, 0.15) is 5.75 Å². The van der Waals surface area contributed by atoms with Crippen molar-refractivity contribution in [3.8, 4) is 17.2 Å². The molecule has 0 amide bonds. The average molecular weight is 381 g/mol. The molecule has 0 spiro atoms. The number of H-pyrrole nitrogens is 1. The van der Waals surface area contributed by atoms with Crippen molar-refractivity contribution >= 4 is 27.4 Å². The molecule has 4 N–H and O–H groups in total. The molecule has 0 fully saturated rings. The van der Waals surface area contributed by atoms with Crippen LogP contribution in [0.2, 0.25) is 0 Å². The van der Waals surface area contributed by atoms with Gasteiger partial charge >= 0.3 is 0 Å². The number of aryl methyl sites for hydroxylation is 1. The van der Waals surface area contributed by atoms with Gasteiger partial charge in [-0.3, -0.25) is 0 Å². The molecule has 0 aliphatic heterocycles. The maximum absolute atomic E-state index is 9.99. The number of ether oxygens (including phenoxy) is 1. The van der Waals surface area contributed by atoms with Crippen molar-refractivity contribution in [2.75, 3.05) is 12.4 Å². The minimum Gasteiger partial charge on any atom is -0.504 e. The Kier molecular flexibility index (Phi) is 4.37. The summed E-state index contributed by atoms with van der Waals surface area (Å²) in [4.78, 5) is 7.78. The highest BCUT2D eigenvalue weighted by Crippen LogP contribution is 2.37. The van der Waals surface area contributed by atoms with E-state index in [-0.39, 0.29) is 17.5 Å². The van der Waals surface area contributed by atoms with Gasteiger partial charge in [-0.1, -0.05) is 6.07 Å². The minimum atomic E-state index is -0.275. The van der Waals surface area contributed by atoms with Crippen LogP contribution in [0.25, 0.3) is 10.9 Å². The molecular weight excluding hydrogens is 362 g/mol. The molecule has 0 radical (unpaired) electrons. The first-order valence-electron chi connectivity index (χ1n) is 8.40. The van der Waals surface area contributed by atoms with Crippen LogP contribution >= 0.6 is 11.3 Å². The molecular formula is C20H19N3O3S. The lowest BCUT2D eigenvalue weighted by Gasteiger charge is -2.19. The number of fused-ring (bicyclic) bond motifs is 1. The van der Waals surface area contributed by atoms with E-state index in [1.165, 1.54) is 17.4 Å². The van der Waals surface area contributed by atoms with Gasteiger partial charge in [0.25, 0.3) is 0 Å². The summed E-state index contributed by atoms with van der Waals surface area (Å²) >= 11 is 1.52. The fourth-order valence-corrected chi connectivity index (χ4v) is 3.81. The molecule has 27 heavy (non-hydrogen) atoms. The molecule has 0 saturated heterocycles. The van der Waals surface area contributed by atoms with Crippen molar-refractivity contribution in [1.29, 1.82) is 0 Å². The molecule has 0 aliphatic carbocycles. The highest BCUT2D eigenvalue weighted by Gasteiger charge is 2.21. The summed E-state index contributed by atoms with van der Waals surface area (Å²) in [6.07, 6.45) is 1.94. The highest BCUT2D eigenvalue weighted by molar-refractivity contribution is 7.13. The van der Waals surface area contributed by atoms with Crippen LogP contribution in [-0.4, -0.2) is 27.3 Å². The summed E-state index contributed by atoms with van der Waals surface area (Å²) in [5.41, 5.74) is 3.72. The molecule has 4 rings (SSSR count). The number of anilines is 1. The van der Waals surface area contributed by atoms with Crippen molar-refractivity contribution < 1.29 is 14.9 Å². The topological polar surface area (TPSA) is 90.4 Å². The second-order valence-corrected chi connectivity index (χ2v) is 7.13. The van der Waals surface area contributed by atoms with Gasteiger partial charge < -0.3 is 25.3 Å². The van der Waals surface area contributed by atoms with Crippen molar-refractivity contribution in [2.24, 2.45) is 0 Å². The maximum Gasteiger partial charge on any atom is 0.183 e. The lowest BCUT2D eigenvalue weighted by molar-refractivity contribution is 0.403. The lowest BCUT2D eigenvalue weighted by atomic mass is 9.97. The van der Waals surface area contributed by atoms with Crippen LogP contribution in [-0.2, 0) is 0 Å². The van der Waals surface area contributed by atoms with E-state index >= 15 is 0 Å². The summed E-state index contributed by atoms with van der Waals surface area (Å²) in [6, 6.07) is 10.4. The first-order valence-corrected chi connectivity index (χ1v) is 9.28. The molecule has 0 aliphatic rings. The van der Waals surface area contributed by atoms with E-state index in [1.807, 2.05) is 36.7 Å². The predicted molar refractivity (Wildman–Crippen MR) is 107 cm³/mol. The number of phenols is 2. The fourth-order valence-electron chi connectivity index (χ4n) is 3.09. The van der Waals surface area contributed by atoms with Gasteiger partial charge in [0.2, 0.25) is 0 Å². The number of methoxy groups -OCH3 is 1. The van der Waals surface area contributed by atoms with Gasteiger partial charge in [-0.2, -0.15) is 0 Å². The van der Waals surface area contributed by atoms with Crippen LogP contribution in [0.1, 0.15) is 22.9 Å². The van der Waals surface area contributed by atoms with E-state index in [9.17, 15) is 10.2 Å². The molecule has 0 bridgehead atoms. The van der Waals surface area contributed by atoms with E-state index in [0.29, 0.717) is 0 Å². The van der Waals surface area contributed by atoms with E-state index in [1.54, 1.807) is 19.2 Å². The number of nitrogens with one attached hydrogen (secondary N) is 2. The van der Waals surface area contributed by atoms with Crippen LogP contribution in [0.5, 0.6) is 17.2 Å². The number of nitrogens with zero attached hydrogens (tertiary/aromatic N) is 1.